The molecule has 1 aromatic carbocycles. The zero-order valence-electron chi connectivity index (χ0n) is 8.65. The van der Waals surface area contributed by atoms with Gasteiger partial charge in [-0.05, 0) is 24.6 Å². The molecule has 94 valence electrons. The van der Waals surface area contributed by atoms with Gasteiger partial charge in [0, 0.05) is 27.9 Å². The monoisotopic (exact) mass is 328 g/mol. The third-order valence-corrected chi connectivity index (χ3v) is 3.02. The van der Waals surface area contributed by atoms with E-state index in [2.05, 4.69) is 15.9 Å². The van der Waals surface area contributed by atoms with Gasteiger partial charge in [0.15, 0.2) is 5.78 Å². The summed E-state index contributed by atoms with van der Waals surface area (Å²) >= 11 is 8.88. The molecule has 0 heterocycles. The lowest BCUT2D eigenvalue weighted by atomic mass is 10.1. The Morgan fingerprint density at radius 1 is 1.35 bits per heavy atom. The Morgan fingerprint density at radius 3 is 2.59 bits per heavy atom. The molecule has 1 aromatic rings. The van der Waals surface area contributed by atoms with E-state index in [1.54, 1.807) is 12.1 Å². The maximum absolute atomic E-state index is 11.9. The average molecular weight is 330 g/mol. The highest BCUT2D eigenvalue weighted by molar-refractivity contribution is 9.10. The molecular formula is C11H9BrClF3O. The molecule has 0 amide bonds. The van der Waals surface area contributed by atoms with E-state index >= 15 is 0 Å². The Morgan fingerprint density at radius 2 is 2.00 bits per heavy atom. The van der Waals surface area contributed by atoms with Crippen molar-refractivity contribution in [2.24, 2.45) is 0 Å². The second-order valence-electron chi connectivity index (χ2n) is 3.52. The summed E-state index contributed by atoms with van der Waals surface area (Å²) in [4.78, 5) is 11.6. The number of ketones is 1. The molecule has 0 atom stereocenters. The Labute approximate surface area is 110 Å². The van der Waals surface area contributed by atoms with Crippen LogP contribution in [0.15, 0.2) is 22.7 Å². The summed E-state index contributed by atoms with van der Waals surface area (Å²) in [6.07, 6.45) is -5.51. The van der Waals surface area contributed by atoms with Crippen LogP contribution in [0.5, 0.6) is 0 Å². The third-order valence-electron chi connectivity index (χ3n) is 2.09. The predicted molar refractivity (Wildman–Crippen MR) is 63.4 cm³/mol. The van der Waals surface area contributed by atoms with Gasteiger partial charge in [0.2, 0.25) is 0 Å². The van der Waals surface area contributed by atoms with Crippen molar-refractivity contribution in [2.75, 3.05) is 0 Å². The summed E-state index contributed by atoms with van der Waals surface area (Å²) in [6.45, 7) is 0. The Bertz CT molecular complexity index is 418. The molecule has 0 aliphatic heterocycles. The van der Waals surface area contributed by atoms with E-state index < -0.39 is 12.6 Å². The van der Waals surface area contributed by atoms with E-state index in [0.29, 0.717) is 15.1 Å². The van der Waals surface area contributed by atoms with E-state index in [4.69, 9.17) is 11.6 Å². The molecule has 1 rings (SSSR count). The number of alkyl halides is 3. The number of carbonyl (C=O) groups is 1. The number of rotatable bonds is 4. The second kappa shape index (κ2) is 5.87. The van der Waals surface area contributed by atoms with Gasteiger partial charge >= 0.3 is 6.18 Å². The number of halogens is 5. The molecule has 0 spiro atoms. The van der Waals surface area contributed by atoms with E-state index in [0.717, 1.165) is 0 Å². The van der Waals surface area contributed by atoms with Crippen LogP contribution in [0.4, 0.5) is 13.2 Å². The van der Waals surface area contributed by atoms with Crippen molar-refractivity contribution in [3.8, 4) is 0 Å². The lowest BCUT2D eigenvalue weighted by Crippen LogP contribution is -2.08. The predicted octanol–water partition coefficient (Wildman–Crippen LogP) is 5.02. The summed E-state index contributed by atoms with van der Waals surface area (Å²) < 4.78 is 36.3. The van der Waals surface area contributed by atoms with Crippen molar-refractivity contribution in [3.63, 3.8) is 0 Å². The van der Waals surface area contributed by atoms with Crippen molar-refractivity contribution in [1.29, 1.82) is 0 Å². The fraction of sp³-hybridized carbons (Fsp3) is 0.364. The number of Topliss-reactive ketones (excluding diaryl/α,β-unsaturated/α-hetero) is 1. The van der Waals surface area contributed by atoms with Crippen molar-refractivity contribution in [2.45, 2.75) is 25.4 Å². The molecule has 0 bridgehead atoms. The molecule has 6 heteroatoms. The highest BCUT2D eigenvalue weighted by Gasteiger charge is 2.26. The van der Waals surface area contributed by atoms with E-state index in [-0.39, 0.29) is 18.6 Å². The van der Waals surface area contributed by atoms with Gasteiger partial charge < -0.3 is 0 Å². The lowest BCUT2D eigenvalue weighted by molar-refractivity contribution is -0.135. The van der Waals surface area contributed by atoms with Crippen LogP contribution in [0.3, 0.4) is 0 Å². The van der Waals surface area contributed by atoms with Crippen molar-refractivity contribution in [1.82, 2.24) is 0 Å². The molecule has 17 heavy (non-hydrogen) atoms. The quantitative estimate of drug-likeness (QED) is 0.709. The van der Waals surface area contributed by atoms with Crippen LogP contribution in [0.2, 0.25) is 5.02 Å². The first-order valence-electron chi connectivity index (χ1n) is 4.84. The zero-order valence-corrected chi connectivity index (χ0v) is 11.0. The molecule has 0 aliphatic carbocycles. The summed E-state index contributed by atoms with van der Waals surface area (Å²) in [5.41, 5.74) is 0.319. The van der Waals surface area contributed by atoms with Crippen molar-refractivity contribution < 1.29 is 18.0 Å². The number of hydrogen-bond donors (Lipinski definition) is 0. The van der Waals surface area contributed by atoms with Gasteiger partial charge in [-0.1, -0.05) is 27.5 Å². The SMILES string of the molecule is O=C(CCCC(F)(F)F)c1cc(Cl)ccc1Br. The molecule has 0 aromatic heterocycles. The zero-order chi connectivity index (χ0) is 13.1. The summed E-state index contributed by atoms with van der Waals surface area (Å²) in [6, 6.07) is 4.64. The highest BCUT2D eigenvalue weighted by Crippen LogP contribution is 2.25. The lowest BCUT2D eigenvalue weighted by Gasteiger charge is -2.06. The molecule has 0 aliphatic rings. The normalized spacial score (nSPS) is 11.6. The van der Waals surface area contributed by atoms with Crippen LogP contribution in [-0.4, -0.2) is 12.0 Å². The van der Waals surface area contributed by atoms with Gasteiger partial charge in [-0.25, -0.2) is 0 Å². The maximum atomic E-state index is 11.9. The van der Waals surface area contributed by atoms with Gasteiger partial charge in [0.05, 0.1) is 0 Å². The van der Waals surface area contributed by atoms with Gasteiger partial charge in [0.1, 0.15) is 0 Å². The van der Waals surface area contributed by atoms with Crippen LogP contribution in [-0.2, 0) is 0 Å². The molecule has 0 fully saturated rings. The van der Waals surface area contributed by atoms with Crippen molar-refractivity contribution in [3.05, 3.63) is 33.3 Å². The molecular weight excluding hydrogens is 320 g/mol. The minimum absolute atomic E-state index is 0.140. The Hall–Kier alpha value is -0.550. The van der Waals surface area contributed by atoms with E-state index in [1.807, 2.05) is 0 Å². The molecule has 0 saturated carbocycles. The summed E-state index contributed by atoms with van der Waals surface area (Å²) in [7, 11) is 0. The first kappa shape index (κ1) is 14.5. The Balaban J connectivity index is 2.61. The topological polar surface area (TPSA) is 17.1 Å². The molecule has 0 radical (unpaired) electrons. The minimum Gasteiger partial charge on any atom is -0.294 e. The van der Waals surface area contributed by atoms with Gasteiger partial charge in [-0.3, -0.25) is 4.79 Å². The summed E-state index contributed by atoms with van der Waals surface area (Å²) in [5, 5.41) is 0.382. The first-order valence-corrected chi connectivity index (χ1v) is 6.02. The minimum atomic E-state index is -4.22. The third kappa shape index (κ3) is 5.08. The fourth-order valence-electron chi connectivity index (χ4n) is 1.30. The van der Waals surface area contributed by atoms with Gasteiger partial charge in [0.25, 0.3) is 0 Å². The first-order chi connectivity index (χ1) is 7.79. The second-order valence-corrected chi connectivity index (χ2v) is 4.81. The van der Waals surface area contributed by atoms with E-state index in [1.165, 1.54) is 6.07 Å². The van der Waals surface area contributed by atoms with Crippen LogP contribution in [0, 0.1) is 0 Å². The molecule has 0 saturated heterocycles. The van der Waals surface area contributed by atoms with Crippen molar-refractivity contribution >= 4 is 33.3 Å². The van der Waals surface area contributed by atoms with E-state index in [9.17, 15) is 18.0 Å². The van der Waals surface area contributed by atoms with Crippen LogP contribution >= 0.6 is 27.5 Å². The van der Waals surface area contributed by atoms with Gasteiger partial charge in [-0.2, -0.15) is 13.2 Å². The number of carbonyl (C=O) groups excluding carboxylic acids is 1. The summed E-state index contributed by atoms with van der Waals surface area (Å²) in [5.74, 6) is -0.344. The number of hydrogen-bond acceptors (Lipinski definition) is 1. The smallest absolute Gasteiger partial charge is 0.294 e. The van der Waals surface area contributed by atoms with Gasteiger partial charge in [-0.15, -0.1) is 0 Å². The highest BCUT2D eigenvalue weighted by atomic mass is 79.9. The molecule has 0 unspecified atom stereocenters. The maximum Gasteiger partial charge on any atom is 0.389 e. The van der Waals surface area contributed by atoms with Crippen LogP contribution < -0.4 is 0 Å². The Kier molecular flexibility index (Phi) is 5.01. The number of benzene rings is 1. The standard InChI is InChI=1S/C11H9BrClF3O/c12-9-4-3-7(13)6-8(9)10(17)2-1-5-11(14,15)16/h3-4,6H,1-2,5H2. The molecule has 1 nitrogen and oxygen atoms in total. The largest absolute Gasteiger partial charge is 0.389 e. The fourth-order valence-corrected chi connectivity index (χ4v) is 1.94. The van der Waals surface area contributed by atoms with Crippen LogP contribution in [0.1, 0.15) is 29.6 Å². The average Bonchev–Trinajstić information content (AvgIpc) is 2.19. The molecule has 0 N–H and O–H groups in total. The van der Waals surface area contributed by atoms with Crippen LogP contribution in [0.25, 0.3) is 0 Å².